The standard InChI is InChI=1S/C19H29NO6/c1-24-11-5-9-19(13-21)12-20(10-8-16(19)22)18(23)17-14(25-2)6-4-7-15(17)26-3/h4,6-7,16,21-22H,5,8-13H2,1-3H3/t16-,19+/m1/s1. The first-order valence-electron chi connectivity index (χ1n) is 8.81. The van der Waals surface area contributed by atoms with Gasteiger partial charge >= 0.3 is 0 Å². The number of aliphatic hydroxyl groups is 2. The summed E-state index contributed by atoms with van der Waals surface area (Å²) >= 11 is 0. The Bertz CT molecular complexity index is 585. The van der Waals surface area contributed by atoms with Gasteiger partial charge in [-0.3, -0.25) is 4.79 Å². The molecule has 1 heterocycles. The summed E-state index contributed by atoms with van der Waals surface area (Å²) in [5, 5.41) is 20.5. The van der Waals surface area contributed by atoms with E-state index in [1.54, 1.807) is 30.2 Å². The number of nitrogens with zero attached hydrogens (tertiary/aromatic N) is 1. The molecular formula is C19H29NO6. The largest absolute Gasteiger partial charge is 0.496 e. The third-order valence-corrected chi connectivity index (χ3v) is 5.15. The Morgan fingerprint density at radius 2 is 1.92 bits per heavy atom. The van der Waals surface area contributed by atoms with Crippen LogP contribution in [0.1, 0.15) is 29.6 Å². The van der Waals surface area contributed by atoms with E-state index in [-0.39, 0.29) is 19.1 Å². The van der Waals surface area contributed by atoms with Gasteiger partial charge in [0.25, 0.3) is 5.91 Å². The highest BCUT2D eigenvalue weighted by molar-refractivity contribution is 5.99. The highest BCUT2D eigenvalue weighted by Gasteiger charge is 2.44. The van der Waals surface area contributed by atoms with Gasteiger partial charge in [-0.05, 0) is 31.4 Å². The molecule has 2 rings (SSSR count). The summed E-state index contributed by atoms with van der Waals surface area (Å²) in [5.41, 5.74) is -0.389. The number of amides is 1. The van der Waals surface area contributed by atoms with E-state index < -0.39 is 11.5 Å². The van der Waals surface area contributed by atoms with E-state index >= 15 is 0 Å². The van der Waals surface area contributed by atoms with Crippen LogP contribution < -0.4 is 9.47 Å². The molecule has 146 valence electrons. The van der Waals surface area contributed by atoms with Crippen LogP contribution in [0.4, 0.5) is 0 Å². The van der Waals surface area contributed by atoms with E-state index in [0.29, 0.717) is 49.5 Å². The Labute approximate surface area is 154 Å². The first kappa shape index (κ1) is 20.5. The maximum atomic E-state index is 13.2. The molecule has 1 fully saturated rings. The van der Waals surface area contributed by atoms with Crippen LogP contribution in [0.25, 0.3) is 0 Å². The van der Waals surface area contributed by atoms with Crippen molar-refractivity contribution in [3.8, 4) is 11.5 Å². The summed E-state index contributed by atoms with van der Waals surface area (Å²) < 4.78 is 15.8. The molecular weight excluding hydrogens is 338 g/mol. The van der Waals surface area contributed by atoms with Crippen LogP contribution in [-0.2, 0) is 4.74 Å². The molecule has 0 bridgehead atoms. The summed E-state index contributed by atoms with van der Waals surface area (Å²) in [6.07, 6.45) is 1.03. The molecule has 0 spiro atoms. The number of aliphatic hydroxyl groups excluding tert-OH is 2. The number of likely N-dealkylation sites (tertiary alicyclic amines) is 1. The zero-order chi connectivity index (χ0) is 19.2. The van der Waals surface area contributed by atoms with Gasteiger partial charge in [0.05, 0.1) is 26.9 Å². The molecule has 0 aliphatic carbocycles. The first-order valence-corrected chi connectivity index (χ1v) is 8.81. The fourth-order valence-electron chi connectivity index (χ4n) is 3.59. The van der Waals surface area contributed by atoms with Gasteiger partial charge in [-0.2, -0.15) is 0 Å². The lowest BCUT2D eigenvalue weighted by Gasteiger charge is -2.45. The lowest BCUT2D eigenvalue weighted by atomic mass is 9.74. The summed E-state index contributed by atoms with van der Waals surface area (Å²) in [6.45, 7) is 1.04. The van der Waals surface area contributed by atoms with Gasteiger partial charge in [-0.15, -0.1) is 0 Å². The van der Waals surface area contributed by atoms with Crippen molar-refractivity contribution in [2.24, 2.45) is 5.41 Å². The van der Waals surface area contributed by atoms with Crippen LogP contribution in [0.15, 0.2) is 18.2 Å². The Morgan fingerprint density at radius 1 is 1.27 bits per heavy atom. The van der Waals surface area contributed by atoms with Crippen molar-refractivity contribution < 1.29 is 29.2 Å². The number of ether oxygens (including phenoxy) is 3. The molecule has 26 heavy (non-hydrogen) atoms. The van der Waals surface area contributed by atoms with Gasteiger partial charge in [0.1, 0.15) is 17.1 Å². The quantitative estimate of drug-likeness (QED) is 0.674. The van der Waals surface area contributed by atoms with E-state index in [2.05, 4.69) is 0 Å². The molecule has 0 aromatic heterocycles. The molecule has 0 saturated carbocycles. The van der Waals surface area contributed by atoms with E-state index in [9.17, 15) is 15.0 Å². The van der Waals surface area contributed by atoms with E-state index in [1.165, 1.54) is 14.2 Å². The highest BCUT2D eigenvalue weighted by atomic mass is 16.5. The summed E-state index contributed by atoms with van der Waals surface area (Å²) in [7, 11) is 4.63. The van der Waals surface area contributed by atoms with Gasteiger partial charge in [0, 0.05) is 32.2 Å². The molecule has 0 unspecified atom stereocenters. The molecule has 7 heteroatoms. The average molecular weight is 367 g/mol. The van der Waals surface area contributed by atoms with Crippen LogP contribution in [0, 0.1) is 5.41 Å². The smallest absolute Gasteiger partial charge is 0.261 e. The monoisotopic (exact) mass is 367 g/mol. The molecule has 7 nitrogen and oxygen atoms in total. The molecule has 1 amide bonds. The van der Waals surface area contributed by atoms with Crippen LogP contribution >= 0.6 is 0 Å². The lowest BCUT2D eigenvalue weighted by Crippen LogP contribution is -2.55. The van der Waals surface area contributed by atoms with Crippen molar-refractivity contribution in [2.45, 2.75) is 25.4 Å². The van der Waals surface area contributed by atoms with Crippen molar-refractivity contribution in [3.05, 3.63) is 23.8 Å². The summed E-state index contributed by atoms with van der Waals surface area (Å²) in [4.78, 5) is 14.8. The molecule has 1 aliphatic rings. The van der Waals surface area contributed by atoms with Crippen molar-refractivity contribution >= 4 is 5.91 Å². The second kappa shape index (κ2) is 9.21. The van der Waals surface area contributed by atoms with Crippen molar-refractivity contribution in [3.63, 3.8) is 0 Å². The van der Waals surface area contributed by atoms with E-state index in [4.69, 9.17) is 14.2 Å². The number of carbonyl (C=O) groups excluding carboxylic acids is 1. The first-order chi connectivity index (χ1) is 12.5. The fraction of sp³-hybridized carbons (Fsp3) is 0.632. The van der Waals surface area contributed by atoms with Crippen molar-refractivity contribution in [1.82, 2.24) is 4.90 Å². The second-order valence-corrected chi connectivity index (χ2v) is 6.69. The van der Waals surface area contributed by atoms with Gasteiger partial charge < -0.3 is 29.3 Å². The predicted molar refractivity (Wildman–Crippen MR) is 96.7 cm³/mol. The Hall–Kier alpha value is -1.83. The third-order valence-electron chi connectivity index (χ3n) is 5.15. The Kier molecular flexibility index (Phi) is 7.25. The second-order valence-electron chi connectivity index (χ2n) is 6.69. The number of benzene rings is 1. The molecule has 0 radical (unpaired) electrons. The third kappa shape index (κ3) is 4.11. The SMILES string of the molecule is COCCC[C@@]1(CO)CN(C(=O)c2c(OC)cccc2OC)CC[C@H]1O. The van der Waals surface area contributed by atoms with E-state index in [1.807, 2.05) is 0 Å². The van der Waals surface area contributed by atoms with Gasteiger partial charge in [0.2, 0.25) is 0 Å². The molecule has 1 saturated heterocycles. The normalized spacial score (nSPS) is 23.0. The predicted octanol–water partition coefficient (Wildman–Crippen LogP) is 1.32. The van der Waals surface area contributed by atoms with E-state index in [0.717, 1.165) is 0 Å². The highest BCUT2D eigenvalue weighted by Crippen LogP contribution is 2.37. The molecule has 1 aromatic carbocycles. The zero-order valence-electron chi connectivity index (χ0n) is 15.7. The van der Waals surface area contributed by atoms with Crippen molar-refractivity contribution in [2.75, 3.05) is 47.6 Å². The molecule has 2 atom stereocenters. The topological polar surface area (TPSA) is 88.5 Å². The van der Waals surface area contributed by atoms with Crippen LogP contribution in [0.3, 0.4) is 0 Å². The number of piperidine rings is 1. The fourth-order valence-corrected chi connectivity index (χ4v) is 3.59. The summed E-state index contributed by atoms with van der Waals surface area (Å²) in [5.74, 6) is 0.652. The number of hydrogen-bond donors (Lipinski definition) is 2. The molecule has 1 aliphatic heterocycles. The minimum Gasteiger partial charge on any atom is -0.496 e. The molecule has 1 aromatic rings. The van der Waals surface area contributed by atoms with Crippen molar-refractivity contribution in [1.29, 1.82) is 0 Å². The van der Waals surface area contributed by atoms with Crippen LogP contribution in [0.2, 0.25) is 0 Å². The minimum absolute atomic E-state index is 0.190. The minimum atomic E-state index is -0.748. The zero-order valence-corrected chi connectivity index (χ0v) is 15.7. The number of carbonyl (C=O) groups is 1. The van der Waals surface area contributed by atoms with Crippen LogP contribution in [0.5, 0.6) is 11.5 Å². The average Bonchev–Trinajstić information content (AvgIpc) is 2.68. The van der Waals surface area contributed by atoms with Gasteiger partial charge in [0.15, 0.2) is 0 Å². The Balaban J connectivity index is 2.27. The van der Waals surface area contributed by atoms with Gasteiger partial charge in [-0.25, -0.2) is 0 Å². The van der Waals surface area contributed by atoms with Crippen LogP contribution in [-0.4, -0.2) is 74.8 Å². The number of hydrogen-bond acceptors (Lipinski definition) is 6. The maximum Gasteiger partial charge on any atom is 0.261 e. The Morgan fingerprint density at radius 3 is 2.46 bits per heavy atom. The summed E-state index contributed by atoms with van der Waals surface area (Å²) in [6, 6.07) is 5.19. The maximum absolute atomic E-state index is 13.2. The lowest BCUT2D eigenvalue weighted by molar-refractivity contribution is -0.0745. The number of methoxy groups -OCH3 is 3. The molecule has 2 N–H and O–H groups in total. The van der Waals surface area contributed by atoms with Gasteiger partial charge in [-0.1, -0.05) is 6.07 Å². The number of rotatable bonds is 8.